The molecule has 0 atom stereocenters. The molecule has 0 amide bonds. The highest BCUT2D eigenvalue weighted by atomic mass is 35.5. The minimum absolute atomic E-state index is 0.155. The van der Waals surface area contributed by atoms with Crippen LogP contribution in [0.5, 0.6) is 5.75 Å². The highest BCUT2D eigenvalue weighted by molar-refractivity contribution is 6.32. The van der Waals surface area contributed by atoms with Crippen LogP contribution < -0.4 is 21.1 Å². The van der Waals surface area contributed by atoms with Gasteiger partial charge in [0.15, 0.2) is 21.8 Å². The van der Waals surface area contributed by atoms with Crippen LogP contribution in [0.4, 0.5) is 0 Å². The standard InChI is InChI=1S/C5H6Cl2N2O.C5H5ClN2O2/c1-10-3-2-4(6)8-9-5(3)7;1-10-3-2-4(9)7-8-5(3)6/h2,8-9H,1H3;2H,1H3,(H,7,9). The summed E-state index contributed by atoms with van der Waals surface area (Å²) in [6.07, 6.45) is 1.58. The van der Waals surface area contributed by atoms with E-state index < -0.39 is 0 Å². The number of allylic oxidation sites excluding steroid dienone is 1. The van der Waals surface area contributed by atoms with Crippen LogP contribution in [-0.2, 0) is 4.74 Å². The van der Waals surface area contributed by atoms with Crippen molar-refractivity contribution in [3.63, 3.8) is 0 Å². The van der Waals surface area contributed by atoms with Gasteiger partial charge in [0, 0.05) is 6.08 Å². The fourth-order valence-corrected chi connectivity index (χ4v) is 1.55. The van der Waals surface area contributed by atoms with Gasteiger partial charge in [0.1, 0.15) is 5.16 Å². The molecule has 0 spiro atoms. The average Bonchev–Trinajstić information content (AvgIpc) is 2.44. The molecular formula is C10H11Cl3N4O3. The summed E-state index contributed by atoms with van der Waals surface area (Å²) in [6, 6.07) is 1.23. The van der Waals surface area contributed by atoms with E-state index in [1.807, 2.05) is 0 Å². The Morgan fingerprint density at radius 1 is 1.15 bits per heavy atom. The van der Waals surface area contributed by atoms with Crippen LogP contribution in [0.2, 0.25) is 5.15 Å². The summed E-state index contributed by atoms with van der Waals surface area (Å²) in [5.74, 6) is 0.802. The molecule has 2 heterocycles. The minimum Gasteiger partial charge on any atom is -0.493 e. The van der Waals surface area contributed by atoms with Crippen molar-refractivity contribution >= 4 is 34.8 Å². The normalized spacial score (nSPS) is 13.3. The zero-order chi connectivity index (χ0) is 15.1. The van der Waals surface area contributed by atoms with E-state index in [1.165, 1.54) is 20.3 Å². The Hall–Kier alpha value is -1.57. The molecule has 1 aromatic rings. The Morgan fingerprint density at radius 3 is 2.35 bits per heavy atom. The Labute approximate surface area is 129 Å². The molecule has 2 rings (SSSR count). The zero-order valence-corrected chi connectivity index (χ0v) is 12.7. The fourth-order valence-electron chi connectivity index (χ4n) is 1.05. The molecule has 0 aromatic carbocycles. The van der Waals surface area contributed by atoms with E-state index in [2.05, 4.69) is 21.0 Å². The van der Waals surface area contributed by atoms with Gasteiger partial charge in [-0.3, -0.25) is 15.6 Å². The molecule has 3 N–H and O–H groups in total. The van der Waals surface area contributed by atoms with Gasteiger partial charge in [-0.15, -0.1) is 0 Å². The van der Waals surface area contributed by atoms with Crippen LogP contribution in [0, 0.1) is 0 Å². The number of halogens is 3. The van der Waals surface area contributed by atoms with Crippen molar-refractivity contribution in [2.45, 2.75) is 0 Å². The van der Waals surface area contributed by atoms with Crippen molar-refractivity contribution in [2.75, 3.05) is 14.2 Å². The largest absolute Gasteiger partial charge is 0.493 e. The fraction of sp³-hybridized carbons (Fsp3) is 0.200. The second-order valence-corrected chi connectivity index (χ2v) is 4.36. The first-order valence-electron chi connectivity index (χ1n) is 5.10. The number of nitrogens with zero attached hydrogens (tertiary/aromatic N) is 1. The van der Waals surface area contributed by atoms with E-state index in [-0.39, 0.29) is 16.5 Å². The van der Waals surface area contributed by atoms with E-state index >= 15 is 0 Å². The summed E-state index contributed by atoms with van der Waals surface area (Å²) in [7, 11) is 2.94. The van der Waals surface area contributed by atoms with Gasteiger partial charge in [0.05, 0.1) is 20.3 Å². The number of aromatic nitrogens is 2. The first-order valence-corrected chi connectivity index (χ1v) is 6.23. The number of methoxy groups -OCH3 is 2. The third kappa shape index (κ3) is 4.84. The molecule has 1 aliphatic rings. The molecule has 10 heteroatoms. The second kappa shape index (κ2) is 7.88. The van der Waals surface area contributed by atoms with Crippen LogP contribution >= 0.6 is 34.8 Å². The Balaban J connectivity index is 0.000000200. The number of hydrazine groups is 1. The maximum absolute atomic E-state index is 10.5. The number of rotatable bonds is 2. The lowest BCUT2D eigenvalue weighted by atomic mass is 10.5. The number of hydrogen-bond acceptors (Lipinski definition) is 6. The maximum Gasteiger partial charge on any atom is 0.267 e. The van der Waals surface area contributed by atoms with Gasteiger partial charge in [0.2, 0.25) is 0 Å². The highest BCUT2D eigenvalue weighted by Gasteiger charge is 2.08. The molecule has 1 aliphatic heterocycles. The summed E-state index contributed by atoms with van der Waals surface area (Å²) in [6.45, 7) is 0. The minimum atomic E-state index is -0.332. The lowest BCUT2D eigenvalue weighted by Gasteiger charge is -2.15. The Kier molecular flexibility index (Phi) is 6.50. The van der Waals surface area contributed by atoms with Crippen molar-refractivity contribution in [3.05, 3.63) is 43.7 Å². The van der Waals surface area contributed by atoms with E-state index in [9.17, 15) is 4.79 Å². The summed E-state index contributed by atoms with van der Waals surface area (Å²) < 4.78 is 9.57. The molecule has 1 aromatic heterocycles. The molecule has 20 heavy (non-hydrogen) atoms. The molecule has 0 bridgehead atoms. The third-order valence-corrected chi connectivity index (χ3v) is 2.69. The number of ether oxygens (including phenoxy) is 2. The van der Waals surface area contributed by atoms with Crippen LogP contribution in [0.15, 0.2) is 33.0 Å². The molecule has 0 fully saturated rings. The van der Waals surface area contributed by atoms with Crippen molar-refractivity contribution in [3.8, 4) is 5.75 Å². The molecule has 0 unspecified atom stereocenters. The molecule has 0 saturated heterocycles. The van der Waals surface area contributed by atoms with Crippen LogP contribution in [-0.4, -0.2) is 24.4 Å². The van der Waals surface area contributed by atoms with E-state index in [4.69, 9.17) is 44.3 Å². The van der Waals surface area contributed by atoms with Crippen molar-refractivity contribution < 1.29 is 9.47 Å². The summed E-state index contributed by atoms with van der Waals surface area (Å²) >= 11 is 16.7. The number of nitrogens with one attached hydrogen (secondary N) is 3. The van der Waals surface area contributed by atoms with Crippen molar-refractivity contribution in [1.82, 2.24) is 21.0 Å². The lowest BCUT2D eigenvalue weighted by Crippen LogP contribution is -2.30. The monoisotopic (exact) mass is 340 g/mol. The van der Waals surface area contributed by atoms with Gasteiger partial charge >= 0.3 is 0 Å². The van der Waals surface area contributed by atoms with Gasteiger partial charge in [-0.1, -0.05) is 34.8 Å². The van der Waals surface area contributed by atoms with Gasteiger partial charge in [0.25, 0.3) is 5.56 Å². The molecule has 0 aliphatic carbocycles. The summed E-state index contributed by atoms with van der Waals surface area (Å²) in [5, 5.41) is 6.60. The molecule has 110 valence electrons. The quantitative estimate of drug-likeness (QED) is 0.709. The first-order chi connectivity index (χ1) is 9.47. The smallest absolute Gasteiger partial charge is 0.267 e. The van der Waals surface area contributed by atoms with Crippen LogP contribution in [0.3, 0.4) is 0 Å². The van der Waals surface area contributed by atoms with Gasteiger partial charge in [-0.05, 0) is 0 Å². The number of hydrogen-bond donors (Lipinski definition) is 3. The molecular weight excluding hydrogens is 330 g/mol. The lowest BCUT2D eigenvalue weighted by molar-refractivity contribution is 0.298. The second-order valence-electron chi connectivity index (χ2n) is 3.22. The van der Waals surface area contributed by atoms with E-state index in [0.717, 1.165) is 0 Å². The van der Waals surface area contributed by atoms with Gasteiger partial charge in [-0.25, -0.2) is 5.10 Å². The highest BCUT2D eigenvalue weighted by Crippen LogP contribution is 2.16. The Bertz CT molecular complexity index is 585. The molecule has 0 saturated carbocycles. The zero-order valence-electron chi connectivity index (χ0n) is 10.5. The SMILES string of the molecule is COC1=C(Cl)NNC(Cl)=C1.COc1cc(=O)[nH]nc1Cl. The topological polar surface area (TPSA) is 88.3 Å². The van der Waals surface area contributed by atoms with Gasteiger partial charge in [-0.2, -0.15) is 5.10 Å². The summed E-state index contributed by atoms with van der Waals surface area (Å²) in [4.78, 5) is 10.5. The first kappa shape index (κ1) is 16.5. The molecule has 7 nitrogen and oxygen atoms in total. The third-order valence-electron chi connectivity index (χ3n) is 1.94. The maximum atomic E-state index is 10.5. The van der Waals surface area contributed by atoms with Crippen LogP contribution in [0.1, 0.15) is 0 Å². The van der Waals surface area contributed by atoms with Gasteiger partial charge < -0.3 is 9.47 Å². The van der Waals surface area contributed by atoms with Crippen LogP contribution in [0.25, 0.3) is 0 Å². The van der Waals surface area contributed by atoms with E-state index in [0.29, 0.717) is 16.1 Å². The average molecular weight is 342 g/mol. The molecule has 0 radical (unpaired) electrons. The Morgan fingerprint density at radius 2 is 1.85 bits per heavy atom. The number of aromatic amines is 1. The summed E-state index contributed by atoms with van der Waals surface area (Å²) in [5.41, 5.74) is 4.87. The predicted octanol–water partition coefficient (Wildman–Crippen LogP) is 1.66. The predicted molar refractivity (Wildman–Crippen MR) is 76.5 cm³/mol. The number of H-pyrrole nitrogens is 1. The van der Waals surface area contributed by atoms with E-state index in [1.54, 1.807) is 6.08 Å². The van der Waals surface area contributed by atoms with Crippen molar-refractivity contribution in [2.24, 2.45) is 0 Å². The van der Waals surface area contributed by atoms with Crippen molar-refractivity contribution in [1.29, 1.82) is 0 Å².